The molecule has 0 amide bonds. The van der Waals surface area contributed by atoms with E-state index in [1.807, 2.05) is 0 Å². The summed E-state index contributed by atoms with van der Waals surface area (Å²) in [4.78, 5) is 8.07. The fraction of sp³-hybridized carbons (Fsp3) is 0.158. The van der Waals surface area contributed by atoms with E-state index in [-0.39, 0.29) is 5.56 Å². The number of rotatable bonds is 2. The van der Waals surface area contributed by atoms with Gasteiger partial charge in [-0.05, 0) is 23.8 Å². The van der Waals surface area contributed by atoms with E-state index >= 15 is 0 Å². The smallest absolute Gasteiger partial charge is 0.433 e. The highest BCUT2D eigenvalue weighted by Crippen LogP contribution is 2.38. The molecule has 4 rings (SSSR count). The van der Waals surface area contributed by atoms with Crippen LogP contribution in [0.5, 0.6) is 5.75 Å². The molecule has 132 valence electrons. The van der Waals surface area contributed by atoms with Gasteiger partial charge in [-0.15, -0.1) is 0 Å². The molecule has 2 aromatic carbocycles. The molecule has 0 bridgehead atoms. The van der Waals surface area contributed by atoms with Crippen molar-refractivity contribution in [3.63, 3.8) is 0 Å². The number of benzene rings is 2. The molecule has 3 aromatic rings. The predicted molar refractivity (Wildman–Crippen MR) is 93.7 cm³/mol. The van der Waals surface area contributed by atoms with Gasteiger partial charge >= 0.3 is 6.18 Å². The maximum absolute atomic E-state index is 13.6. The Balaban J connectivity index is 1.88. The molecule has 1 aliphatic rings. The number of halogens is 3. The first-order valence-electron chi connectivity index (χ1n) is 7.91. The summed E-state index contributed by atoms with van der Waals surface area (Å²) in [5.74, 6) is 0.625. The zero-order valence-corrected chi connectivity index (χ0v) is 13.7. The van der Waals surface area contributed by atoms with E-state index in [0.717, 1.165) is 0 Å². The number of methoxy groups -OCH3 is 1. The van der Waals surface area contributed by atoms with Crippen molar-refractivity contribution in [2.45, 2.75) is 12.3 Å². The van der Waals surface area contributed by atoms with Crippen molar-refractivity contribution in [3.05, 3.63) is 65.9 Å². The lowest BCUT2D eigenvalue weighted by molar-refractivity contribution is -0.0585. The molecule has 7 heteroatoms. The lowest BCUT2D eigenvalue weighted by atomic mass is 10.0. The van der Waals surface area contributed by atoms with Gasteiger partial charge in [0.25, 0.3) is 0 Å². The van der Waals surface area contributed by atoms with Gasteiger partial charge in [-0.3, -0.25) is 9.98 Å². The quantitative estimate of drug-likeness (QED) is 0.722. The highest BCUT2D eigenvalue weighted by atomic mass is 19.4. The summed E-state index contributed by atoms with van der Waals surface area (Å²) in [5.41, 5.74) is 0.653. The Morgan fingerprint density at radius 1 is 1.04 bits per heavy atom. The van der Waals surface area contributed by atoms with Crippen molar-refractivity contribution in [1.82, 2.24) is 4.98 Å². The average molecular weight is 357 g/mol. The second-order valence-electron chi connectivity index (χ2n) is 5.86. The Morgan fingerprint density at radius 3 is 2.46 bits per heavy atom. The minimum atomic E-state index is -4.58. The van der Waals surface area contributed by atoms with Crippen molar-refractivity contribution in [2.24, 2.45) is 4.99 Å². The van der Waals surface area contributed by atoms with Crippen LogP contribution in [-0.4, -0.2) is 24.0 Å². The molecule has 1 N–H and O–H groups in total. The topological polar surface area (TPSA) is 46.5 Å². The van der Waals surface area contributed by atoms with E-state index < -0.39 is 18.1 Å². The minimum absolute atomic E-state index is 0.0408. The van der Waals surface area contributed by atoms with Crippen LogP contribution in [0.15, 0.2) is 59.7 Å². The zero-order valence-electron chi connectivity index (χ0n) is 13.7. The summed E-state index contributed by atoms with van der Waals surface area (Å²) in [5, 5.41) is 3.75. The van der Waals surface area contributed by atoms with E-state index in [4.69, 9.17) is 4.74 Å². The lowest BCUT2D eigenvalue weighted by Gasteiger charge is -2.27. The molecule has 2 heterocycles. The third-order valence-electron chi connectivity index (χ3n) is 4.27. The van der Waals surface area contributed by atoms with E-state index in [0.29, 0.717) is 27.9 Å². The molecule has 0 radical (unpaired) electrons. The van der Waals surface area contributed by atoms with Gasteiger partial charge in [0.2, 0.25) is 0 Å². The third kappa shape index (κ3) is 2.75. The van der Waals surface area contributed by atoms with Crippen molar-refractivity contribution in [3.8, 4) is 5.75 Å². The fourth-order valence-corrected chi connectivity index (χ4v) is 3.01. The minimum Gasteiger partial charge on any atom is -0.497 e. The summed E-state index contributed by atoms with van der Waals surface area (Å²) in [6.45, 7) is 0. The van der Waals surface area contributed by atoms with Gasteiger partial charge in [-0.25, -0.2) is 0 Å². The van der Waals surface area contributed by atoms with Gasteiger partial charge in [-0.1, -0.05) is 30.3 Å². The van der Waals surface area contributed by atoms with E-state index in [2.05, 4.69) is 15.3 Å². The number of hydrogen-bond acceptors (Lipinski definition) is 4. The predicted octanol–water partition coefficient (Wildman–Crippen LogP) is 4.72. The monoisotopic (exact) mass is 357 g/mol. The number of aliphatic imine (C=N–C) groups is 1. The first-order valence-corrected chi connectivity index (χ1v) is 7.91. The van der Waals surface area contributed by atoms with Crippen LogP contribution < -0.4 is 10.1 Å². The first-order chi connectivity index (χ1) is 12.5. The molecule has 4 nitrogen and oxygen atoms in total. The van der Waals surface area contributed by atoms with Crippen LogP contribution >= 0.6 is 0 Å². The van der Waals surface area contributed by atoms with Crippen LogP contribution in [0.1, 0.15) is 17.3 Å². The lowest BCUT2D eigenvalue weighted by Crippen LogP contribution is -2.31. The second-order valence-corrected chi connectivity index (χ2v) is 5.86. The molecule has 0 fully saturated rings. The number of pyridine rings is 1. The number of aromatic nitrogens is 1. The van der Waals surface area contributed by atoms with Gasteiger partial charge in [-0.2, -0.15) is 13.2 Å². The van der Waals surface area contributed by atoms with Crippen LogP contribution in [0.3, 0.4) is 0 Å². The Hall–Kier alpha value is -3.09. The molecule has 0 saturated heterocycles. The van der Waals surface area contributed by atoms with Crippen molar-refractivity contribution in [2.75, 3.05) is 12.4 Å². The van der Waals surface area contributed by atoms with Gasteiger partial charge in [0.15, 0.2) is 5.71 Å². The number of fused-ring (bicyclic) bond motifs is 3. The first kappa shape index (κ1) is 16.4. The number of alkyl halides is 3. The van der Waals surface area contributed by atoms with Crippen LogP contribution in [0.2, 0.25) is 0 Å². The molecule has 0 spiro atoms. The van der Waals surface area contributed by atoms with E-state index in [9.17, 15) is 13.2 Å². The largest absolute Gasteiger partial charge is 0.497 e. The van der Waals surface area contributed by atoms with Gasteiger partial charge in [0.05, 0.1) is 18.3 Å². The molecule has 0 saturated carbocycles. The van der Waals surface area contributed by atoms with Crippen LogP contribution in [0, 0.1) is 0 Å². The molecular formula is C19H14F3N3O. The van der Waals surface area contributed by atoms with Crippen molar-refractivity contribution < 1.29 is 17.9 Å². The van der Waals surface area contributed by atoms with Crippen LogP contribution in [-0.2, 0) is 0 Å². The summed E-state index contributed by atoms with van der Waals surface area (Å²) in [7, 11) is 1.53. The molecule has 1 atom stereocenters. The SMILES string of the molecule is COc1ccc(C2N=C(C(F)(F)F)c3cnc4ccccc4c3N2)cc1. The summed E-state index contributed by atoms with van der Waals surface area (Å²) in [6.07, 6.45) is -4.21. The van der Waals surface area contributed by atoms with Gasteiger partial charge in [0.1, 0.15) is 11.9 Å². The highest BCUT2D eigenvalue weighted by molar-refractivity contribution is 6.14. The van der Waals surface area contributed by atoms with Crippen LogP contribution in [0.25, 0.3) is 10.9 Å². The van der Waals surface area contributed by atoms with Crippen LogP contribution in [0.4, 0.5) is 18.9 Å². The summed E-state index contributed by atoms with van der Waals surface area (Å²) in [6, 6.07) is 13.9. The summed E-state index contributed by atoms with van der Waals surface area (Å²) < 4.78 is 46.0. The standard InChI is InChI=1S/C19H14F3N3O/c1-26-12-8-6-11(7-9-12)18-24-16-13-4-2-3-5-15(13)23-10-14(16)17(25-18)19(20,21)22/h2-10,18,24H,1H3. The van der Waals surface area contributed by atoms with Gasteiger partial charge < -0.3 is 10.1 Å². The number of para-hydroxylation sites is 1. The van der Waals surface area contributed by atoms with Gasteiger partial charge in [0, 0.05) is 17.1 Å². The maximum atomic E-state index is 13.6. The average Bonchev–Trinajstić information content (AvgIpc) is 2.66. The fourth-order valence-electron chi connectivity index (χ4n) is 3.01. The second kappa shape index (κ2) is 6.01. The Morgan fingerprint density at radius 2 is 1.77 bits per heavy atom. The Kier molecular flexibility index (Phi) is 3.79. The number of ether oxygens (including phenoxy) is 1. The molecule has 0 aliphatic carbocycles. The maximum Gasteiger partial charge on any atom is 0.433 e. The molecule has 1 aliphatic heterocycles. The molecule has 1 aromatic heterocycles. The number of nitrogens with one attached hydrogen (secondary N) is 1. The number of nitrogens with zero attached hydrogens (tertiary/aromatic N) is 2. The van der Waals surface area contributed by atoms with E-state index in [1.165, 1.54) is 13.3 Å². The number of anilines is 1. The molecule has 1 unspecified atom stereocenters. The third-order valence-corrected chi connectivity index (χ3v) is 4.27. The Bertz CT molecular complexity index is 997. The van der Waals surface area contributed by atoms with E-state index in [1.54, 1.807) is 48.5 Å². The number of hydrogen-bond donors (Lipinski definition) is 1. The normalized spacial score (nSPS) is 16.6. The van der Waals surface area contributed by atoms with Crippen molar-refractivity contribution in [1.29, 1.82) is 0 Å². The molecular weight excluding hydrogens is 343 g/mol. The highest BCUT2D eigenvalue weighted by Gasteiger charge is 2.41. The Labute approximate surface area is 147 Å². The molecule has 26 heavy (non-hydrogen) atoms. The zero-order chi connectivity index (χ0) is 18.3. The summed E-state index contributed by atoms with van der Waals surface area (Å²) >= 11 is 0. The van der Waals surface area contributed by atoms with Crippen molar-refractivity contribution >= 4 is 22.3 Å².